The average Bonchev–Trinajstić information content (AvgIpc) is 2.66. The van der Waals surface area contributed by atoms with Gasteiger partial charge in [-0.1, -0.05) is 0 Å². The Morgan fingerprint density at radius 3 is 2.32 bits per heavy atom. The predicted octanol–water partition coefficient (Wildman–Crippen LogP) is -0.450. The van der Waals surface area contributed by atoms with Crippen LogP contribution in [0.3, 0.4) is 0 Å². The van der Waals surface area contributed by atoms with E-state index in [0.717, 1.165) is 24.3 Å². The molecule has 4 atom stereocenters. The summed E-state index contributed by atoms with van der Waals surface area (Å²) in [6.07, 6.45) is -0.681. The summed E-state index contributed by atoms with van der Waals surface area (Å²) in [5.74, 6) is -4.67. The van der Waals surface area contributed by atoms with E-state index >= 15 is 0 Å². The number of ketones is 5. The van der Waals surface area contributed by atoms with E-state index in [-0.39, 0.29) is 29.6 Å². The number of hydrogen-bond donors (Lipinski definition) is 2. The van der Waals surface area contributed by atoms with Crippen molar-refractivity contribution in [2.45, 2.75) is 31.3 Å². The summed E-state index contributed by atoms with van der Waals surface area (Å²) in [5, 5.41) is 20.1. The number of aliphatic hydroxyl groups excluding tert-OH is 2. The summed E-state index contributed by atoms with van der Waals surface area (Å²) < 4.78 is 10.4. The van der Waals surface area contributed by atoms with E-state index in [1.807, 2.05) is 0 Å². The molecule has 2 N–H and O–H groups in total. The minimum Gasteiger partial charge on any atom is -0.481 e. The zero-order valence-corrected chi connectivity index (χ0v) is 14.3. The van der Waals surface area contributed by atoms with E-state index in [0.29, 0.717) is 0 Å². The van der Waals surface area contributed by atoms with Crippen molar-refractivity contribution in [1.82, 2.24) is 0 Å². The van der Waals surface area contributed by atoms with Gasteiger partial charge in [0.1, 0.15) is 6.10 Å². The van der Waals surface area contributed by atoms with Crippen molar-refractivity contribution in [1.29, 1.82) is 0 Å². The second-order valence-corrected chi connectivity index (χ2v) is 6.75. The smallest absolute Gasteiger partial charge is 0.285 e. The molecule has 0 saturated heterocycles. The van der Waals surface area contributed by atoms with Crippen molar-refractivity contribution < 1.29 is 43.7 Å². The van der Waals surface area contributed by atoms with E-state index in [4.69, 9.17) is 9.47 Å². The van der Waals surface area contributed by atoms with Crippen molar-refractivity contribution in [3.05, 3.63) is 47.0 Å². The van der Waals surface area contributed by atoms with Gasteiger partial charge in [0, 0.05) is 18.4 Å². The Bertz CT molecular complexity index is 958. The van der Waals surface area contributed by atoms with Crippen LogP contribution in [0.25, 0.3) is 0 Å². The third-order valence-electron chi connectivity index (χ3n) is 5.13. The molecule has 0 fully saturated rings. The highest BCUT2D eigenvalue weighted by Crippen LogP contribution is 2.36. The third-order valence-corrected chi connectivity index (χ3v) is 5.13. The predicted molar refractivity (Wildman–Crippen MR) is 88.5 cm³/mol. The summed E-state index contributed by atoms with van der Waals surface area (Å²) in [7, 11) is 0. The molecule has 2 aliphatic heterocycles. The minimum atomic E-state index is -1.76. The van der Waals surface area contributed by atoms with Crippen LogP contribution in [0.1, 0.15) is 12.8 Å². The first-order valence-electron chi connectivity index (χ1n) is 8.51. The van der Waals surface area contributed by atoms with Gasteiger partial charge in [-0.2, -0.15) is 0 Å². The molecule has 0 bridgehead atoms. The monoisotopic (exact) mass is 386 g/mol. The number of ether oxygens (including phenoxy) is 2. The topological polar surface area (TPSA) is 144 Å². The molecule has 0 aromatic rings. The van der Waals surface area contributed by atoms with Crippen molar-refractivity contribution >= 4 is 28.9 Å². The van der Waals surface area contributed by atoms with Crippen LogP contribution in [0, 0.1) is 5.92 Å². The van der Waals surface area contributed by atoms with E-state index in [1.54, 1.807) is 0 Å². The van der Waals surface area contributed by atoms with Gasteiger partial charge in [-0.15, -0.1) is 0 Å². The number of carbonyl (C=O) groups excluding carboxylic acids is 5. The van der Waals surface area contributed by atoms with Crippen LogP contribution < -0.4 is 0 Å². The first kappa shape index (κ1) is 18.2. The summed E-state index contributed by atoms with van der Waals surface area (Å²) in [5.41, 5.74) is -0.429. The molecule has 2 heterocycles. The Kier molecular flexibility index (Phi) is 4.20. The molecule has 4 aliphatic rings. The zero-order chi connectivity index (χ0) is 20.2. The molecule has 0 aromatic heterocycles. The fourth-order valence-corrected chi connectivity index (χ4v) is 3.74. The van der Waals surface area contributed by atoms with Crippen LogP contribution in [0.2, 0.25) is 0 Å². The Labute approximate surface area is 157 Å². The van der Waals surface area contributed by atoms with Crippen molar-refractivity contribution in [2.24, 2.45) is 5.92 Å². The van der Waals surface area contributed by atoms with E-state index in [9.17, 15) is 34.2 Å². The number of allylic oxidation sites excluding steroid dienone is 5. The Hall–Kier alpha value is -3.17. The molecular weight excluding hydrogens is 372 g/mol. The highest BCUT2D eigenvalue weighted by molar-refractivity contribution is 6.21. The largest absolute Gasteiger partial charge is 0.481 e. The highest BCUT2D eigenvalue weighted by atomic mass is 16.6. The maximum absolute atomic E-state index is 12.8. The lowest BCUT2D eigenvalue weighted by atomic mass is 9.79. The number of rotatable bonds is 2. The fraction of sp³-hybridized carbons (Fsp3) is 0.316. The molecule has 4 rings (SSSR count). The summed E-state index contributed by atoms with van der Waals surface area (Å²) in [6.45, 7) is 0. The van der Waals surface area contributed by atoms with Crippen LogP contribution >= 0.6 is 0 Å². The lowest BCUT2D eigenvalue weighted by molar-refractivity contribution is -0.167. The molecule has 2 aliphatic carbocycles. The lowest BCUT2D eigenvalue weighted by Gasteiger charge is -2.34. The van der Waals surface area contributed by atoms with Gasteiger partial charge in [-0.3, -0.25) is 24.0 Å². The SMILES string of the molecule is O=C1C=CC(=O)C2=C1CC(C(=O)C1CC3C(=O)C=CC(=O)C3=C(O)O1)OC2O. The lowest BCUT2D eigenvalue weighted by Crippen LogP contribution is -2.46. The summed E-state index contributed by atoms with van der Waals surface area (Å²) >= 11 is 0. The number of aliphatic hydroxyl groups is 2. The van der Waals surface area contributed by atoms with Crippen LogP contribution in [0.4, 0.5) is 0 Å². The molecule has 0 radical (unpaired) electrons. The van der Waals surface area contributed by atoms with Crippen molar-refractivity contribution in [3.63, 3.8) is 0 Å². The summed E-state index contributed by atoms with van der Waals surface area (Å²) in [4.78, 5) is 60.7. The Morgan fingerprint density at radius 2 is 1.57 bits per heavy atom. The van der Waals surface area contributed by atoms with Crippen LogP contribution in [0.5, 0.6) is 0 Å². The minimum absolute atomic E-state index is 0.0206. The maximum Gasteiger partial charge on any atom is 0.285 e. The summed E-state index contributed by atoms with van der Waals surface area (Å²) in [6, 6.07) is 0. The molecule has 9 nitrogen and oxygen atoms in total. The first-order chi connectivity index (χ1) is 13.3. The molecule has 28 heavy (non-hydrogen) atoms. The molecular formula is C19H14O9. The maximum atomic E-state index is 12.8. The molecule has 0 amide bonds. The second kappa shape index (κ2) is 6.47. The van der Waals surface area contributed by atoms with Crippen molar-refractivity contribution in [2.75, 3.05) is 0 Å². The normalized spacial score (nSPS) is 32.3. The Balaban J connectivity index is 1.58. The number of hydrogen-bond acceptors (Lipinski definition) is 9. The number of Topliss-reactive ketones (excluding diaryl/α,β-unsaturated/α-hetero) is 1. The Morgan fingerprint density at radius 1 is 0.929 bits per heavy atom. The van der Waals surface area contributed by atoms with Crippen LogP contribution in [0.15, 0.2) is 47.0 Å². The van der Waals surface area contributed by atoms with Gasteiger partial charge in [0.25, 0.3) is 5.95 Å². The third kappa shape index (κ3) is 2.76. The molecule has 0 aromatic carbocycles. The average molecular weight is 386 g/mol. The van der Waals surface area contributed by atoms with Gasteiger partial charge in [0.05, 0.1) is 17.1 Å². The van der Waals surface area contributed by atoms with E-state index < -0.39 is 59.3 Å². The molecule has 144 valence electrons. The fourth-order valence-electron chi connectivity index (χ4n) is 3.74. The van der Waals surface area contributed by atoms with Gasteiger partial charge in [-0.25, -0.2) is 0 Å². The number of carbonyl (C=O) groups is 5. The van der Waals surface area contributed by atoms with Gasteiger partial charge < -0.3 is 19.7 Å². The highest BCUT2D eigenvalue weighted by Gasteiger charge is 2.46. The van der Waals surface area contributed by atoms with Crippen LogP contribution in [-0.4, -0.2) is 57.6 Å². The van der Waals surface area contributed by atoms with Gasteiger partial charge in [0.15, 0.2) is 35.5 Å². The van der Waals surface area contributed by atoms with Crippen molar-refractivity contribution in [3.8, 4) is 0 Å². The quantitative estimate of drug-likeness (QED) is 0.603. The van der Waals surface area contributed by atoms with E-state index in [1.165, 1.54) is 0 Å². The van der Waals surface area contributed by atoms with E-state index in [2.05, 4.69) is 0 Å². The second-order valence-electron chi connectivity index (χ2n) is 6.75. The molecule has 0 saturated carbocycles. The van der Waals surface area contributed by atoms with Gasteiger partial charge in [0.2, 0.25) is 5.78 Å². The standard InChI is InChI=1S/C19H14O9/c20-9-1-3-11(22)15-7(9)5-13(27-18(15)25)17(24)14-6-8-10(21)2-4-12(23)16(8)19(26)28-14/h1-4,7,13-14,19,25-26H,5-6H2. The van der Waals surface area contributed by atoms with Gasteiger partial charge in [-0.05, 0) is 24.3 Å². The number of fused-ring (bicyclic) bond motifs is 1. The van der Waals surface area contributed by atoms with Crippen LogP contribution in [-0.2, 0) is 33.4 Å². The molecule has 9 heteroatoms. The first-order valence-corrected chi connectivity index (χ1v) is 8.51. The molecule has 4 unspecified atom stereocenters. The molecule has 0 spiro atoms. The zero-order valence-electron chi connectivity index (χ0n) is 14.3. The van der Waals surface area contributed by atoms with Gasteiger partial charge >= 0.3 is 0 Å².